The van der Waals surface area contributed by atoms with Crippen LogP contribution in [-0.4, -0.2) is 29.0 Å². The average molecular weight is 342 g/mol. The third-order valence-electron chi connectivity index (χ3n) is 4.27. The zero-order valence-corrected chi connectivity index (χ0v) is 14.2. The molecule has 1 saturated heterocycles. The predicted octanol–water partition coefficient (Wildman–Crippen LogP) is 3.45. The Hall–Kier alpha value is -2.41. The number of aryl methyl sites for hydroxylation is 1. The van der Waals surface area contributed by atoms with Gasteiger partial charge in [0.25, 0.3) is 6.01 Å². The number of hydrogen-bond acceptors (Lipinski definition) is 6. The van der Waals surface area contributed by atoms with E-state index in [4.69, 9.17) is 4.42 Å². The number of nitrogens with one attached hydrogen (secondary N) is 1. The maximum absolute atomic E-state index is 12.4. The first kappa shape index (κ1) is 15.1. The lowest BCUT2D eigenvalue weighted by Crippen LogP contribution is -2.38. The van der Waals surface area contributed by atoms with Crippen LogP contribution in [0.2, 0.25) is 0 Å². The summed E-state index contributed by atoms with van der Waals surface area (Å²) >= 11 is 1.46. The van der Waals surface area contributed by atoms with Gasteiger partial charge in [-0.15, -0.1) is 11.3 Å². The zero-order valence-electron chi connectivity index (χ0n) is 13.4. The summed E-state index contributed by atoms with van der Waals surface area (Å²) in [5.74, 6) is 0.0661. The molecule has 1 aliphatic heterocycles. The third-order valence-corrected chi connectivity index (χ3v) is 5.14. The summed E-state index contributed by atoms with van der Waals surface area (Å²) in [6.45, 7) is 3.45. The number of piperidine rings is 1. The van der Waals surface area contributed by atoms with Gasteiger partial charge in [0.05, 0.1) is 5.69 Å². The van der Waals surface area contributed by atoms with Crippen LogP contribution in [0.15, 0.2) is 34.1 Å². The Bertz CT molecular complexity index is 831. The summed E-state index contributed by atoms with van der Waals surface area (Å²) in [5, 5.41) is 5.53. The minimum atomic E-state index is 0.00911. The van der Waals surface area contributed by atoms with Crippen molar-refractivity contribution in [3.05, 3.63) is 35.3 Å². The van der Waals surface area contributed by atoms with Crippen molar-refractivity contribution >= 4 is 39.5 Å². The largest absolute Gasteiger partial charge is 0.423 e. The molecule has 0 aliphatic carbocycles. The Morgan fingerprint density at radius 3 is 2.79 bits per heavy atom. The maximum Gasteiger partial charge on any atom is 0.298 e. The average Bonchev–Trinajstić information content (AvgIpc) is 3.21. The summed E-state index contributed by atoms with van der Waals surface area (Å²) < 4.78 is 5.81. The van der Waals surface area contributed by atoms with E-state index in [1.165, 1.54) is 11.3 Å². The number of amides is 1. The summed E-state index contributed by atoms with van der Waals surface area (Å²) in [4.78, 5) is 23.3. The fourth-order valence-corrected chi connectivity index (χ4v) is 3.64. The molecule has 1 aromatic carbocycles. The number of nitrogens with zero attached hydrogens (tertiary/aromatic N) is 3. The zero-order chi connectivity index (χ0) is 16.5. The standard InChI is InChI=1S/C17H18N4O2S/c1-11-10-24-16(18-11)20-15(22)12-6-8-21(9-7-12)17-19-13-4-2-3-5-14(13)23-17/h2-5,10,12H,6-9H2,1H3,(H,18,20,22). The van der Waals surface area contributed by atoms with E-state index in [1.807, 2.05) is 36.6 Å². The Balaban J connectivity index is 1.38. The molecule has 0 saturated carbocycles. The number of hydrogen-bond donors (Lipinski definition) is 1. The highest BCUT2D eigenvalue weighted by atomic mass is 32.1. The summed E-state index contributed by atoms with van der Waals surface area (Å²) in [5.41, 5.74) is 2.60. The van der Waals surface area contributed by atoms with E-state index < -0.39 is 0 Å². The van der Waals surface area contributed by atoms with Gasteiger partial charge < -0.3 is 14.6 Å². The van der Waals surface area contributed by atoms with E-state index in [-0.39, 0.29) is 11.8 Å². The molecule has 4 rings (SSSR count). The second-order valence-electron chi connectivity index (χ2n) is 6.01. The summed E-state index contributed by atoms with van der Waals surface area (Å²) in [7, 11) is 0. The molecule has 124 valence electrons. The van der Waals surface area contributed by atoms with E-state index in [9.17, 15) is 4.79 Å². The lowest BCUT2D eigenvalue weighted by atomic mass is 9.96. The maximum atomic E-state index is 12.4. The van der Waals surface area contributed by atoms with Gasteiger partial charge in [0.15, 0.2) is 10.7 Å². The molecule has 0 spiro atoms. The molecule has 3 aromatic rings. The number of oxazole rings is 1. The molecule has 3 heterocycles. The molecule has 1 N–H and O–H groups in total. The second kappa shape index (κ2) is 6.24. The molecule has 1 fully saturated rings. The van der Waals surface area contributed by atoms with E-state index in [2.05, 4.69) is 20.2 Å². The van der Waals surface area contributed by atoms with Gasteiger partial charge in [-0.25, -0.2) is 4.98 Å². The first-order valence-electron chi connectivity index (χ1n) is 8.02. The molecule has 0 bridgehead atoms. The van der Waals surface area contributed by atoms with Gasteiger partial charge in [0.1, 0.15) is 5.52 Å². The highest BCUT2D eigenvalue weighted by molar-refractivity contribution is 7.13. The molecule has 2 aromatic heterocycles. The molecule has 24 heavy (non-hydrogen) atoms. The lowest BCUT2D eigenvalue weighted by molar-refractivity contribution is -0.120. The normalized spacial score (nSPS) is 15.8. The fourth-order valence-electron chi connectivity index (χ4n) is 2.95. The first-order chi connectivity index (χ1) is 11.7. The number of benzene rings is 1. The van der Waals surface area contributed by atoms with E-state index >= 15 is 0 Å². The minimum absolute atomic E-state index is 0.00911. The molecule has 1 aliphatic rings. The highest BCUT2D eigenvalue weighted by Crippen LogP contribution is 2.27. The Morgan fingerprint density at radius 2 is 2.08 bits per heavy atom. The summed E-state index contributed by atoms with van der Waals surface area (Å²) in [6, 6.07) is 8.39. The van der Waals surface area contributed by atoms with Crippen molar-refractivity contribution in [1.82, 2.24) is 9.97 Å². The van der Waals surface area contributed by atoms with Gasteiger partial charge in [-0.05, 0) is 31.9 Å². The van der Waals surface area contributed by atoms with Gasteiger partial charge in [0.2, 0.25) is 5.91 Å². The van der Waals surface area contributed by atoms with E-state index in [0.29, 0.717) is 11.1 Å². The van der Waals surface area contributed by atoms with Crippen LogP contribution < -0.4 is 10.2 Å². The van der Waals surface area contributed by atoms with Gasteiger partial charge in [-0.2, -0.15) is 4.98 Å². The lowest BCUT2D eigenvalue weighted by Gasteiger charge is -2.29. The SMILES string of the molecule is Cc1csc(NC(=O)C2CCN(c3nc4ccccc4o3)CC2)n1. The number of anilines is 2. The van der Waals surface area contributed by atoms with Crippen LogP contribution in [-0.2, 0) is 4.79 Å². The minimum Gasteiger partial charge on any atom is -0.423 e. The van der Waals surface area contributed by atoms with Crippen LogP contribution in [0.5, 0.6) is 0 Å². The van der Waals surface area contributed by atoms with E-state index in [0.717, 1.165) is 42.7 Å². The molecule has 6 nitrogen and oxygen atoms in total. The molecule has 0 atom stereocenters. The van der Waals surface area contributed by atoms with Crippen molar-refractivity contribution in [1.29, 1.82) is 0 Å². The Kier molecular flexibility index (Phi) is 3.93. The summed E-state index contributed by atoms with van der Waals surface area (Å²) in [6.07, 6.45) is 1.57. The van der Waals surface area contributed by atoms with Crippen LogP contribution in [0.1, 0.15) is 18.5 Å². The van der Waals surface area contributed by atoms with Crippen molar-refractivity contribution in [3.8, 4) is 0 Å². The number of carbonyl (C=O) groups is 1. The number of para-hydroxylation sites is 2. The van der Waals surface area contributed by atoms with Gasteiger partial charge in [0, 0.05) is 24.4 Å². The van der Waals surface area contributed by atoms with E-state index in [1.54, 1.807) is 0 Å². The van der Waals surface area contributed by atoms with Crippen molar-refractivity contribution in [2.24, 2.45) is 5.92 Å². The van der Waals surface area contributed by atoms with Crippen molar-refractivity contribution in [3.63, 3.8) is 0 Å². The number of fused-ring (bicyclic) bond motifs is 1. The van der Waals surface area contributed by atoms with Crippen LogP contribution in [0.4, 0.5) is 11.1 Å². The fraction of sp³-hybridized carbons (Fsp3) is 0.353. The number of thiazole rings is 1. The van der Waals surface area contributed by atoms with Crippen molar-refractivity contribution in [2.45, 2.75) is 19.8 Å². The number of rotatable bonds is 3. The topological polar surface area (TPSA) is 71.3 Å². The van der Waals surface area contributed by atoms with Crippen LogP contribution in [0, 0.1) is 12.8 Å². The quantitative estimate of drug-likeness (QED) is 0.789. The Labute approximate surface area is 143 Å². The predicted molar refractivity (Wildman–Crippen MR) is 94.4 cm³/mol. The number of carbonyl (C=O) groups excluding carboxylic acids is 1. The van der Waals surface area contributed by atoms with Gasteiger partial charge in [-0.3, -0.25) is 4.79 Å². The van der Waals surface area contributed by atoms with Crippen LogP contribution >= 0.6 is 11.3 Å². The van der Waals surface area contributed by atoms with Crippen molar-refractivity contribution < 1.29 is 9.21 Å². The molecular formula is C17H18N4O2S. The van der Waals surface area contributed by atoms with Gasteiger partial charge in [-0.1, -0.05) is 12.1 Å². The highest BCUT2D eigenvalue weighted by Gasteiger charge is 2.27. The number of aromatic nitrogens is 2. The molecule has 0 radical (unpaired) electrons. The third kappa shape index (κ3) is 2.99. The monoisotopic (exact) mass is 342 g/mol. The molecule has 0 unspecified atom stereocenters. The van der Waals surface area contributed by atoms with Crippen LogP contribution in [0.25, 0.3) is 11.1 Å². The molecule has 7 heteroatoms. The first-order valence-corrected chi connectivity index (χ1v) is 8.90. The second-order valence-corrected chi connectivity index (χ2v) is 6.87. The van der Waals surface area contributed by atoms with Crippen molar-refractivity contribution in [2.75, 3.05) is 23.3 Å². The molecular weight excluding hydrogens is 324 g/mol. The Morgan fingerprint density at radius 1 is 1.29 bits per heavy atom. The smallest absolute Gasteiger partial charge is 0.298 e. The van der Waals surface area contributed by atoms with Gasteiger partial charge >= 0.3 is 0 Å². The van der Waals surface area contributed by atoms with Crippen LogP contribution in [0.3, 0.4) is 0 Å². The molecule has 1 amide bonds.